The third-order valence-electron chi connectivity index (χ3n) is 2.67. The third-order valence-corrected chi connectivity index (χ3v) is 2.67. The standard InChI is InChI=1S/C12H11N5O/c13-10-3-1-2-9(6-10)8-17-12(18)16-5-4-14-7-11(16)15-17/h1-7H,8,13H2. The van der Waals surface area contributed by atoms with Crippen LogP contribution >= 0.6 is 0 Å². The Balaban J connectivity index is 2.05. The van der Waals surface area contributed by atoms with E-state index in [1.807, 2.05) is 18.2 Å². The number of aromatic nitrogens is 4. The van der Waals surface area contributed by atoms with Crippen LogP contribution in [0.15, 0.2) is 47.7 Å². The molecule has 3 aromatic rings. The van der Waals surface area contributed by atoms with Gasteiger partial charge >= 0.3 is 5.69 Å². The lowest BCUT2D eigenvalue weighted by atomic mass is 10.2. The molecule has 3 rings (SSSR count). The molecule has 1 aromatic carbocycles. The Bertz CT molecular complexity index is 758. The molecule has 0 aliphatic carbocycles. The maximum Gasteiger partial charge on any atom is 0.350 e. The zero-order chi connectivity index (χ0) is 12.5. The molecule has 0 unspecified atom stereocenters. The molecule has 18 heavy (non-hydrogen) atoms. The van der Waals surface area contributed by atoms with E-state index in [1.165, 1.54) is 9.08 Å². The molecule has 0 radical (unpaired) electrons. The summed E-state index contributed by atoms with van der Waals surface area (Å²) in [7, 11) is 0. The van der Waals surface area contributed by atoms with Crippen LogP contribution in [0.25, 0.3) is 5.65 Å². The number of hydrogen-bond acceptors (Lipinski definition) is 4. The Morgan fingerprint density at radius 1 is 1.33 bits per heavy atom. The smallest absolute Gasteiger partial charge is 0.350 e. The quantitative estimate of drug-likeness (QED) is 0.663. The van der Waals surface area contributed by atoms with E-state index in [2.05, 4.69) is 10.1 Å². The van der Waals surface area contributed by atoms with Gasteiger partial charge in [0.25, 0.3) is 0 Å². The van der Waals surface area contributed by atoms with Gasteiger partial charge in [-0.2, -0.15) is 0 Å². The molecule has 6 nitrogen and oxygen atoms in total. The minimum atomic E-state index is -0.185. The second-order valence-electron chi connectivity index (χ2n) is 3.99. The Hall–Kier alpha value is -2.63. The molecule has 0 aliphatic heterocycles. The first kappa shape index (κ1) is 10.5. The Morgan fingerprint density at radius 3 is 3.00 bits per heavy atom. The largest absolute Gasteiger partial charge is 0.399 e. The van der Waals surface area contributed by atoms with E-state index in [4.69, 9.17) is 5.73 Å². The van der Waals surface area contributed by atoms with Gasteiger partial charge in [0.05, 0.1) is 12.7 Å². The lowest BCUT2D eigenvalue weighted by molar-refractivity contribution is 0.659. The molecule has 6 heteroatoms. The average Bonchev–Trinajstić information content (AvgIpc) is 2.67. The third kappa shape index (κ3) is 1.73. The summed E-state index contributed by atoms with van der Waals surface area (Å²) in [6.07, 6.45) is 4.71. The second kappa shape index (κ2) is 3.99. The van der Waals surface area contributed by atoms with E-state index in [9.17, 15) is 4.79 Å². The monoisotopic (exact) mass is 241 g/mol. The number of anilines is 1. The zero-order valence-electron chi connectivity index (χ0n) is 9.52. The van der Waals surface area contributed by atoms with Crippen molar-refractivity contribution in [2.24, 2.45) is 0 Å². The van der Waals surface area contributed by atoms with Gasteiger partial charge < -0.3 is 5.73 Å². The topological polar surface area (TPSA) is 78.2 Å². The highest BCUT2D eigenvalue weighted by Gasteiger charge is 2.06. The van der Waals surface area contributed by atoms with E-state index in [0.717, 1.165) is 5.56 Å². The Kier molecular flexibility index (Phi) is 2.33. The molecule has 0 amide bonds. The average molecular weight is 241 g/mol. The van der Waals surface area contributed by atoms with Gasteiger partial charge in [-0.25, -0.2) is 13.9 Å². The first-order chi connectivity index (χ1) is 8.74. The number of hydrogen-bond donors (Lipinski definition) is 1. The predicted octanol–water partition coefficient (Wildman–Crippen LogP) is 0.521. The molecule has 0 bridgehead atoms. The fourth-order valence-electron chi connectivity index (χ4n) is 1.85. The van der Waals surface area contributed by atoms with Crippen molar-refractivity contribution in [1.29, 1.82) is 0 Å². The SMILES string of the molecule is Nc1cccc(Cn2nc3cnccn3c2=O)c1. The molecular formula is C12H11N5O. The van der Waals surface area contributed by atoms with Crippen LogP contribution in [0, 0.1) is 0 Å². The molecular weight excluding hydrogens is 230 g/mol. The lowest BCUT2D eigenvalue weighted by Crippen LogP contribution is -2.21. The van der Waals surface area contributed by atoms with E-state index in [1.54, 1.807) is 24.7 Å². The minimum Gasteiger partial charge on any atom is -0.399 e. The van der Waals surface area contributed by atoms with E-state index >= 15 is 0 Å². The fourth-order valence-corrected chi connectivity index (χ4v) is 1.85. The molecule has 2 heterocycles. The van der Waals surface area contributed by atoms with E-state index < -0.39 is 0 Å². The van der Waals surface area contributed by atoms with Crippen molar-refractivity contribution in [2.75, 3.05) is 5.73 Å². The van der Waals surface area contributed by atoms with Gasteiger partial charge in [0.1, 0.15) is 0 Å². The normalized spacial score (nSPS) is 10.9. The van der Waals surface area contributed by atoms with Gasteiger partial charge in [0, 0.05) is 18.1 Å². The number of fused-ring (bicyclic) bond motifs is 1. The summed E-state index contributed by atoms with van der Waals surface area (Å²) < 4.78 is 2.85. The summed E-state index contributed by atoms with van der Waals surface area (Å²) in [6, 6.07) is 7.40. The maximum absolute atomic E-state index is 12.0. The van der Waals surface area contributed by atoms with Gasteiger partial charge in [0.2, 0.25) is 0 Å². The van der Waals surface area contributed by atoms with Crippen molar-refractivity contribution in [3.63, 3.8) is 0 Å². The van der Waals surface area contributed by atoms with Crippen LogP contribution in [0.4, 0.5) is 5.69 Å². The van der Waals surface area contributed by atoms with Crippen LogP contribution in [-0.4, -0.2) is 19.2 Å². The van der Waals surface area contributed by atoms with E-state index in [-0.39, 0.29) is 5.69 Å². The van der Waals surface area contributed by atoms with Crippen LogP contribution in [0.3, 0.4) is 0 Å². The van der Waals surface area contributed by atoms with Crippen molar-refractivity contribution < 1.29 is 0 Å². The minimum absolute atomic E-state index is 0.185. The molecule has 0 saturated heterocycles. The molecule has 0 atom stereocenters. The van der Waals surface area contributed by atoms with Crippen molar-refractivity contribution in [3.8, 4) is 0 Å². The molecule has 2 N–H and O–H groups in total. The van der Waals surface area contributed by atoms with Crippen LogP contribution < -0.4 is 11.4 Å². The van der Waals surface area contributed by atoms with Crippen molar-refractivity contribution >= 4 is 11.3 Å². The molecule has 90 valence electrons. The first-order valence-corrected chi connectivity index (χ1v) is 5.47. The Labute approximate surface area is 102 Å². The Morgan fingerprint density at radius 2 is 2.22 bits per heavy atom. The summed E-state index contributed by atoms with van der Waals surface area (Å²) in [6.45, 7) is 0.394. The van der Waals surface area contributed by atoms with Crippen LogP contribution in [0.5, 0.6) is 0 Å². The van der Waals surface area contributed by atoms with Crippen molar-refractivity contribution in [2.45, 2.75) is 6.54 Å². The highest BCUT2D eigenvalue weighted by Crippen LogP contribution is 2.07. The number of nitrogens with two attached hydrogens (primary N) is 1. The maximum atomic E-state index is 12.0. The highest BCUT2D eigenvalue weighted by molar-refractivity contribution is 5.40. The fraction of sp³-hybridized carbons (Fsp3) is 0.0833. The van der Waals surface area contributed by atoms with Gasteiger partial charge in [0.15, 0.2) is 5.65 Å². The van der Waals surface area contributed by atoms with Crippen molar-refractivity contribution in [1.82, 2.24) is 19.2 Å². The summed E-state index contributed by atoms with van der Waals surface area (Å²) in [5.74, 6) is 0. The van der Waals surface area contributed by atoms with Gasteiger partial charge in [-0.15, -0.1) is 5.10 Å². The number of nitrogen functional groups attached to an aromatic ring is 1. The van der Waals surface area contributed by atoms with Gasteiger partial charge in [-0.3, -0.25) is 4.98 Å². The first-order valence-electron chi connectivity index (χ1n) is 5.47. The number of rotatable bonds is 2. The molecule has 0 spiro atoms. The van der Waals surface area contributed by atoms with E-state index in [0.29, 0.717) is 17.9 Å². The zero-order valence-corrected chi connectivity index (χ0v) is 9.52. The summed E-state index contributed by atoms with van der Waals surface area (Å²) in [5.41, 5.74) is 7.66. The van der Waals surface area contributed by atoms with Crippen LogP contribution in [0.1, 0.15) is 5.56 Å². The van der Waals surface area contributed by atoms with Crippen LogP contribution in [0.2, 0.25) is 0 Å². The molecule has 0 aliphatic rings. The lowest BCUT2D eigenvalue weighted by Gasteiger charge is -2.00. The second-order valence-corrected chi connectivity index (χ2v) is 3.99. The van der Waals surface area contributed by atoms with Crippen molar-refractivity contribution in [3.05, 3.63) is 58.9 Å². The predicted molar refractivity (Wildman–Crippen MR) is 67.2 cm³/mol. The molecule has 2 aromatic heterocycles. The molecule has 0 fully saturated rings. The van der Waals surface area contributed by atoms with Crippen LogP contribution in [-0.2, 0) is 6.54 Å². The summed E-state index contributed by atoms with van der Waals surface area (Å²) in [5, 5.41) is 4.20. The number of benzene rings is 1. The highest BCUT2D eigenvalue weighted by atomic mass is 16.2. The van der Waals surface area contributed by atoms with Gasteiger partial charge in [-0.1, -0.05) is 12.1 Å². The summed E-state index contributed by atoms with van der Waals surface area (Å²) in [4.78, 5) is 16.0. The summed E-state index contributed by atoms with van der Waals surface area (Å²) >= 11 is 0. The number of nitrogens with zero attached hydrogens (tertiary/aromatic N) is 4. The molecule has 0 saturated carbocycles. The van der Waals surface area contributed by atoms with Gasteiger partial charge in [-0.05, 0) is 17.7 Å².